The minimum absolute atomic E-state index is 0.460. The van der Waals surface area contributed by atoms with Crippen molar-refractivity contribution in [3.8, 4) is 0 Å². The van der Waals surface area contributed by atoms with Gasteiger partial charge < -0.3 is 14.9 Å². The Morgan fingerprint density at radius 1 is 1.24 bits per heavy atom. The summed E-state index contributed by atoms with van der Waals surface area (Å²) in [5.41, 5.74) is 7.61. The van der Waals surface area contributed by atoms with Crippen molar-refractivity contribution in [2.24, 2.45) is 5.73 Å². The van der Waals surface area contributed by atoms with Crippen LogP contribution in [-0.4, -0.2) is 0 Å². The number of hydrogen-bond acceptors (Lipinski definition) is 3. The smallest absolute Gasteiger partial charge is 0.129 e. The molecule has 0 spiro atoms. The van der Waals surface area contributed by atoms with E-state index < -0.39 is 0 Å². The van der Waals surface area contributed by atoms with Crippen molar-refractivity contribution in [2.75, 3.05) is 0 Å². The molecule has 1 aromatic carbocycles. The zero-order valence-electron chi connectivity index (χ0n) is 9.36. The van der Waals surface area contributed by atoms with Gasteiger partial charge in [0.25, 0.3) is 0 Å². The molecule has 2 N–H and O–H groups in total. The molecular formula is C13H14BrNO2. The third-order valence-corrected chi connectivity index (χ3v) is 3.18. The lowest BCUT2D eigenvalue weighted by Gasteiger charge is -2.04. The number of rotatable bonds is 5. The molecule has 17 heavy (non-hydrogen) atoms. The van der Waals surface area contributed by atoms with Crippen molar-refractivity contribution in [1.29, 1.82) is 0 Å². The second-order valence-corrected chi connectivity index (χ2v) is 4.56. The van der Waals surface area contributed by atoms with Crippen LogP contribution in [0.15, 0.2) is 45.5 Å². The Balaban J connectivity index is 1.85. The van der Waals surface area contributed by atoms with E-state index in [0.717, 1.165) is 21.4 Å². The molecule has 3 nitrogen and oxygen atoms in total. The van der Waals surface area contributed by atoms with E-state index in [1.807, 2.05) is 30.3 Å². The summed E-state index contributed by atoms with van der Waals surface area (Å²) in [6, 6.07) is 9.91. The molecular weight excluding hydrogens is 282 g/mol. The molecule has 0 unspecified atom stereocenters. The Labute approximate surface area is 109 Å². The van der Waals surface area contributed by atoms with Crippen molar-refractivity contribution in [3.63, 3.8) is 0 Å². The standard InChI is InChI=1S/C13H14BrNO2/c14-13-4-2-1-3-11(13)8-16-9-12-5-10(6-15)7-17-12/h1-5,7H,6,8-9,15H2. The predicted octanol–water partition coefficient (Wildman–Crippen LogP) is 3.22. The molecule has 0 amide bonds. The summed E-state index contributed by atoms with van der Waals surface area (Å²) < 4.78 is 11.9. The fourth-order valence-electron chi connectivity index (χ4n) is 1.49. The van der Waals surface area contributed by atoms with Gasteiger partial charge in [-0.2, -0.15) is 0 Å². The third kappa shape index (κ3) is 3.43. The zero-order chi connectivity index (χ0) is 12.1. The van der Waals surface area contributed by atoms with Gasteiger partial charge in [-0.25, -0.2) is 0 Å². The molecule has 0 fully saturated rings. The summed E-state index contributed by atoms with van der Waals surface area (Å²) in [5.74, 6) is 0.803. The minimum atomic E-state index is 0.460. The fraction of sp³-hybridized carbons (Fsp3) is 0.231. The van der Waals surface area contributed by atoms with Gasteiger partial charge in [0.1, 0.15) is 12.4 Å². The van der Waals surface area contributed by atoms with Crippen LogP contribution in [0.3, 0.4) is 0 Å². The van der Waals surface area contributed by atoms with E-state index in [0.29, 0.717) is 19.8 Å². The second-order valence-electron chi connectivity index (χ2n) is 3.71. The van der Waals surface area contributed by atoms with Gasteiger partial charge >= 0.3 is 0 Å². The van der Waals surface area contributed by atoms with Gasteiger partial charge in [0, 0.05) is 16.6 Å². The molecule has 1 aromatic heterocycles. The number of benzene rings is 1. The first kappa shape index (κ1) is 12.4. The molecule has 0 aliphatic heterocycles. The summed E-state index contributed by atoms with van der Waals surface area (Å²) in [6.45, 7) is 1.51. The van der Waals surface area contributed by atoms with E-state index in [1.54, 1.807) is 6.26 Å². The van der Waals surface area contributed by atoms with Crippen LogP contribution in [0.2, 0.25) is 0 Å². The number of nitrogens with two attached hydrogens (primary N) is 1. The van der Waals surface area contributed by atoms with Crippen LogP contribution in [0, 0.1) is 0 Å². The van der Waals surface area contributed by atoms with Crippen LogP contribution >= 0.6 is 15.9 Å². The average molecular weight is 296 g/mol. The number of ether oxygens (including phenoxy) is 1. The van der Waals surface area contributed by atoms with Crippen molar-refractivity contribution < 1.29 is 9.15 Å². The molecule has 2 aromatic rings. The van der Waals surface area contributed by atoms with E-state index >= 15 is 0 Å². The van der Waals surface area contributed by atoms with Crippen LogP contribution in [-0.2, 0) is 24.5 Å². The molecule has 1 heterocycles. The van der Waals surface area contributed by atoms with Crippen molar-refractivity contribution in [1.82, 2.24) is 0 Å². The normalized spacial score (nSPS) is 10.7. The van der Waals surface area contributed by atoms with Gasteiger partial charge in [0.2, 0.25) is 0 Å². The van der Waals surface area contributed by atoms with Gasteiger partial charge in [-0.05, 0) is 17.7 Å². The van der Waals surface area contributed by atoms with Gasteiger partial charge in [-0.1, -0.05) is 34.1 Å². The maximum atomic E-state index is 5.58. The van der Waals surface area contributed by atoms with E-state index in [2.05, 4.69) is 15.9 Å². The molecule has 0 aliphatic rings. The van der Waals surface area contributed by atoms with E-state index in [4.69, 9.17) is 14.9 Å². The van der Waals surface area contributed by atoms with E-state index in [1.165, 1.54) is 0 Å². The average Bonchev–Trinajstić information content (AvgIpc) is 2.80. The van der Waals surface area contributed by atoms with Crippen molar-refractivity contribution in [3.05, 3.63) is 58.0 Å². The van der Waals surface area contributed by atoms with Gasteiger partial charge in [0.05, 0.1) is 12.9 Å². The maximum absolute atomic E-state index is 5.58. The third-order valence-electron chi connectivity index (χ3n) is 2.40. The topological polar surface area (TPSA) is 48.4 Å². The highest BCUT2D eigenvalue weighted by molar-refractivity contribution is 9.10. The Bertz CT molecular complexity index is 482. The van der Waals surface area contributed by atoms with Crippen LogP contribution in [0.4, 0.5) is 0 Å². The van der Waals surface area contributed by atoms with Gasteiger partial charge in [-0.3, -0.25) is 0 Å². The van der Waals surface area contributed by atoms with Crippen LogP contribution < -0.4 is 5.73 Å². The van der Waals surface area contributed by atoms with Crippen molar-refractivity contribution >= 4 is 15.9 Å². The highest BCUT2D eigenvalue weighted by Gasteiger charge is 2.02. The van der Waals surface area contributed by atoms with E-state index in [9.17, 15) is 0 Å². The lowest BCUT2D eigenvalue weighted by Crippen LogP contribution is -1.95. The quantitative estimate of drug-likeness (QED) is 0.921. The largest absolute Gasteiger partial charge is 0.467 e. The number of halogens is 1. The Kier molecular flexibility index (Phi) is 4.36. The summed E-state index contributed by atoms with van der Waals surface area (Å²) in [6.07, 6.45) is 1.66. The molecule has 4 heteroatoms. The predicted molar refractivity (Wildman–Crippen MR) is 69.2 cm³/mol. The minimum Gasteiger partial charge on any atom is -0.467 e. The fourth-order valence-corrected chi connectivity index (χ4v) is 1.89. The zero-order valence-corrected chi connectivity index (χ0v) is 10.9. The summed E-state index contributed by atoms with van der Waals surface area (Å²) >= 11 is 3.48. The van der Waals surface area contributed by atoms with Crippen LogP contribution in [0.5, 0.6) is 0 Å². The molecule has 0 saturated carbocycles. The van der Waals surface area contributed by atoms with Gasteiger partial charge in [-0.15, -0.1) is 0 Å². The van der Waals surface area contributed by atoms with Crippen LogP contribution in [0.1, 0.15) is 16.9 Å². The lowest BCUT2D eigenvalue weighted by atomic mass is 10.2. The Morgan fingerprint density at radius 2 is 2.06 bits per heavy atom. The lowest BCUT2D eigenvalue weighted by molar-refractivity contribution is 0.0926. The highest BCUT2D eigenvalue weighted by atomic mass is 79.9. The summed E-state index contributed by atoms with van der Waals surface area (Å²) in [5, 5.41) is 0. The van der Waals surface area contributed by atoms with Crippen LogP contribution in [0.25, 0.3) is 0 Å². The molecule has 0 radical (unpaired) electrons. The first-order chi connectivity index (χ1) is 8.29. The second kappa shape index (κ2) is 6.00. The first-order valence-electron chi connectivity index (χ1n) is 5.37. The summed E-state index contributed by atoms with van der Waals surface area (Å²) in [4.78, 5) is 0. The molecule has 90 valence electrons. The molecule has 0 atom stereocenters. The molecule has 2 rings (SSSR count). The molecule has 0 bridgehead atoms. The molecule has 0 aliphatic carbocycles. The number of furan rings is 1. The Hall–Kier alpha value is -1.10. The highest BCUT2D eigenvalue weighted by Crippen LogP contribution is 2.17. The monoisotopic (exact) mass is 295 g/mol. The number of hydrogen-bond donors (Lipinski definition) is 1. The molecule has 0 saturated heterocycles. The maximum Gasteiger partial charge on any atom is 0.129 e. The van der Waals surface area contributed by atoms with Crippen molar-refractivity contribution in [2.45, 2.75) is 19.8 Å². The van der Waals surface area contributed by atoms with E-state index in [-0.39, 0.29) is 0 Å². The summed E-state index contributed by atoms with van der Waals surface area (Å²) in [7, 11) is 0. The SMILES string of the molecule is NCc1coc(COCc2ccccc2Br)c1. The first-order valence-corrected chi connectivity index (χ1v) is 6.16. The Morgan fingerprint density at radius 3 is 2.76 bits per heavy atom. The van der Waals surface area contributed by atoms with Gasteiger partial charge in [0.15, 0.2) is 0 Å².